The van der Waals surface area contributed by atoms with Crippen LogP contribution >= 0.6 is 0 Å². The van der Waals surface area contributed by atoms with Gasteiger partial charge in [0.25, 0.3) is 5.91 Å². The number of nitrogens with zero attached hydrogens (tertiary/aromatic N) is 3. The fraction of sp³-hybridized carbons (Fsp3) is 0.370. The van der Waals surface area contributed by atoms with E-state index in [1.165, 1.54) is 4.90 Å². The number of pyridine rings is 1. The van der Waals surface area contributed by atoms with E-state index in [0.29, 0.717) is 47.9 Å². The van der Waals surface area contributed by atoms with Crippen LogP contribution in [-0.4, -0.2) is 59.8 Å². The van der Waals surface area contributed by atoms with E-state index in [9.17, 15) is 14.7 Å². The molecule has 8 nitrogen and oxygen atoms in total. The molecule has 0 saturated carbocycles. The molecule has 1 fully saturated rings. The predicted octanol–water partition coefficient (Wildman–Crippen LogP) is 1.19. The molecule has 8 heteroatoms. The highest BCUT2D eigenvalue weighted by Crippen LogP contribution is 2.39. The molecule has 2 aromatic heterocycles. The molecule has 1 aromatic carbocycles. The Morgan fingerprint density at radius 2 is 1.89 bits per heavy atom. The molecule has 1 aliphatic heterocycles. The molecule has 1 amide bonds. The van der Waals surface area contributed by atoms with E-state index in [2.05, 4.69) is 4.98 Å². The maximum Gasteiger partial charge on any atom is 0.295 e. The molecule has 1 saturated heterocycles. The first-order chi connectivity index (χ1) is 16.8. The van der Waals surface area contributed by atoms with Crippen molar-refractivity contribution in [3.8, 4) is 5.75 Å². The summed E-state index contributed by atoms with van der Waals surface area (Å²) in [6.07, 6.45) is 3.35. The minimum atomic E-state index is -0.756. The van der Waals surface area contributed by atoms with Gasteiger partial charge in [-0.1, -0.05) is 30.9 Å². The molecule has 3 heterocycles. The van der Waals surface area contributed by atoms with Crippen molar-refractivity contribution >= 4 is 23.1 Å². The van der Waals surface area contributed by atoms with Crippen molar-refractivity contribution in [1.82, 2.24) is 14.3 Å². The number of amides is 1. The molecule has 1 atom stereocenters. The second-order valence-electron chi connectivity index (χ2n) is 9.18. The lowest BCUT2D eigenvalue weighted by atomic mass is 9.96. The van der Waals surface area contributed by atoms with E-state index >= 15 is 0 Å². The molecule has 0 spiro atoms. The minimum Gasteiger partial charge on any atom is -0.871 e. The van der Waals surface area contributed by atoms with E-state index in [1.807, 2.05) is 51.4 Å². The van der Waals surface area contributed by atoms with Gasteiger partial charge in [-0.15, -0.1) is 0 Å². The Balaban J connectivity index is 1.82. The van der Waals surface area contributed by atoms with Crippen LogP contribution in [0.2, 0.25) is 0 Å². The molecule has 1 aliphatic rings. The lowest BCUT2D eigenvalue weighted by Crippen LogP contribution is -3.05. The fourth-order valence-electron chi connectivity index (χ4n) is 4.53. The molecular formula is C27H32N4O4. The monoisotopic (exact) mass is 476 g/mol. The Bertz CT molecular complexity index is 1260. The van der Waals surface area contributed by atoms with Gasteiger partial charge in [-0.2, -0.15) is 0 Å². The van der Waals surface area contributed by atoms with Crippen molar-refractivity contribution in [3.05, 3.63) is 71.2 Å². The van der Waals surface area contributed by atoms with Gasteiger partial charge in [0.15, 0.2) is 0 Å². The highest BCUT2D eigenvalue weighted by Gasteiger charge is 2.44. The number of rotatable bonds is 9. The number of nitrogens with one attached hydrogen (secondary N) is 1. The molecule has 4 rings (SSSR count). The van der Waals surface area contributed by atoms with Gasteiger partial charge in [-0.3, -0.25) is 9.59 Å². The van der Waals surface area contributed by atoms with Crippen LogP contribution in [0.1, 0.15) is 42.8 Å². The number of ketones is 1. The first-order valence-electron chi connectivity index (χ1n) is 12.1. The summed E-state index contributed by atoms with van der Waals surface area (Å²) in [5.74, 6) is -1.13. The van der Waals surface area contributed by atoms with Crippen molar-refractivity contribution in [1.29, 1.82) is 0 Å². The van der Waals surface area contributed by atoms with E-state index < -0.39 is 23.5 Å². The largest absolute Gasteiger partial charge is 0.871 e. The van der Waals surface area contributed by atoms with E-state index in [0.717, 1.165) is 13.0 Å². The lowest BCUT2D eigenvalue weighted by Gasteiger charge is -2.27. The standard InChI is InChI=1S/C27H32N4O4/c1-5-17-35-20-12-10-19(11-13-20)24-22(26(33)27(34)31(24)16-8-14-29(3)4)25(32)23-18(2)28-21-9-6-7-15-30(21)23/h6-7,9-13,15,24,32H,5,8,14,16-17H2,1-4H3/b25-22+. The van der Waals surface area contributed by atoms with Gasteiger partial charge < -0.3 is 24.0 Å². The van der Waals surface area contributed by atoms with Gasteiger partial charge in [0.2, 0.25) is 5.78 Å². The number of quaternary nitrogens is 1. The third-order valence-corrected chi connectivity index (χ3v) is 6.19. The van der Waals surface area contributed by atoms with Crippen LogP contribution in [0.4, 0.5) is 0 Å². The van der Waals surface area contributed by atoms with Gasteiger partial charge >= 0.3 is 0 Å². The van der Waals surface area contributed by atoms with Crippen LogP contribution in [0.5, 0.6) is 5.75 Å². The van der Waals surface area contributed by atoms with Crippen LogP contribution in [0, 0.1) is 6.92 Å². The number of Topliss-reactive ketones (excluding diaryl/α,β-unsaturated/α-hetero) is 1. The Morgan fingerprint density at radius 1 is 1.14 bits per heavy atom. The number of ether oxygens (including phenoxy) is 1. The summed E-state index contributed by atoms with van der Waals surface area (Å²) in [6.45, 7) is 5.60. The number of hydrogen-bond acceptors (Lipinski definition) is 5. The molecule has 0 aliphatic carbocycles. The van der Waals surface area contributed by atoms with Crippen LogP contribution in [0.25, 0.3) is 11.4 Å². The van der Waals surface area contributed by atoms with Crippen LogP contribution < -0.4 is 14.7 Å². The molecule has 0 bridgehead atoms. The smallest absolute Gasteiger partial charge is 0.295 e. The highest BCUT2D eigenvalue weighted by atomic mass is 16.5. The zero-order valence-corrected chi connectivity index (χ0v) is 20.7. The van der Waals surface area contributed by atoms with E-state index in [4.69, 9.17) is 4.74 Å². The number of fused-ring (bicyclic) bond motifs is 1. The summed E-state index contributed by atoms with van der Waals surface area (Å²) in [5, 5.41) is 13.9. The number of aryl methyl sites for hydroxylation is 1. The molecule has 35 heavy (non-hydrogen) atoms. The van der Waals surface area contributed by atoms with Gasteiger partial charge in [0.1, 0.15) is 11.4 Å². The minimum absolute atomic E-state index is 0.0248. The lowest BCUT2D eigenvalue weighted by molar-refractivity contribution is -0.858. The molecule has 3 aromatic rings. The Morgan fingerprint density at radius 3 is 2.57 bits per heavy atom. The van der Waals surface area contributed by atoms with Crippen molar-refractivity contribution in [3.63, 3.8) is 0 Å². The topological polar surface area (TPSA) is 91.4 Å². The van der Waals surface area contributed by atoms with Crippen LogP contribution in [0.3, 0.4) is 0 Å². The second-order valence-corrected chi connectivity index (χ2v) is 9.18. The number of likely N-dealkylation sites (tertiary alicyclic amines) is 1. The number of carbonyl (C=O) groups excluding carboxylic acids is 2. The normalized spacial score (nSPS) is 17.6. The third kappa shape index (κ3) is 4.79. The van der Waals surface area contributed by atoms with Crippen LogP contribution in [-0.2, 0) is 9.59 Å². The summed E-state index contributed by atoms with van der Waals surface area (Å²) in [4.78, 5) is 33.7. The quantitative estimate of drug-likeness (QED) is 0.285. The number of benzene rings is 1. The average Bonchev–Trinajstić information content (AvgIpc) is 3.31. The highest BCUT2D eigenvalue weighted by molar-refractivity contribution is 6.46. The SMILES string of the molecule is CCCOc1ccc(C2/C(=C(\[O-])c3c(C)nc4ccccn34)C(=O)C(=O)N2CCC[NH+](C)C)cc1. The van der Waals surface area contributed by atoms with Crippen molar-refractivity contribution < 1.29 is 24.3 Å². The van der Waals surface area contributed by atoms with E-state index in [1.54, 1.807) is 34.6 Å². The van der Waals surface area contributed by atoms with Gasteiger partial charge in [0.05, 0.1) is 44.7 Å². The maximum absolute atomic E-state index is 13.9. The van der Waals surface area contributed by atoms with Crippen molar-refractivity contribution in [2.24, 2.45) is 0 Å². The van der Waals surface area contributed by atoms with Crippen LogP contribution in [0.15, 0.2) is 54.2 Å². The predicted molar refractivity (Wildman–Crippen MR) is 131 cm³/mol. The van der Waals surface area contributed by atoms with Gasteiger partial charge in [0, 0.05) is 24.7 Å². The molecule has 0 radical (unpaired) electrons. The molecule has 1 unspecified atom stereocenters. The zero-order chi connectivity index (χ0) is 25.1. The Hall–Kier alpha value is -3.65. The maximum atomic E-state index is 13.9. The molecule has 184 valence electrons. The van der Waals surface area contributed by atoms with Crippen molar-refractivity contribution in [2.75, 3.05) is 33.8 Å². The number of imidazole rings is 1. The number of carbonyl (C=O) groups is 2. The summed E-state index contributed by atoms with van der Waals surface area (Å²) in [6, 6.07) is 12.0. The Kier molecular flexibility index (Phi) is 7.21. The summed E-state index contributed by atoms with van der Waals surface area (Å²) >= 11 is 0. The van der Waals surface area contributed by atoms with E-state index in [-0.39, 0.29) is 5.57 Å². The number of aromatic nitrogens is 2. The first-order valence-corrected chi connectivity index (χ1v) is 12.1. The molecule has 1 N–H and O–H groups in total. The first kappa shape index (κ1) is 24.5. The summed E-state index contributed by atoms with van der Waals surface area (Å²) < 4.78 is 7.37. The summed E-state index contributed by atoms with van der Waals surface area (Å²) in [5.41, 5.74) is 2.13. The van der Waals surface area contributed by atoms with Gasteiger partial charge in [-0.25, -0.2) is 4.98 Å². The third-order valence-electron chi connectivity index (χ3n) is 6.19. The average molecular weight is 477 g/mol. The zero-order valence-electron chi connectivity index (χ0n) is 20.7. The number of hydrogen-bond donors (Lipinski definition) is 1. The van der Waals surface area contributed by atoms with Gasteiger partial charge in [-0.05, 0) is 43.2 Å². The van der Waals surface area contributed by atoms with Crippen molar-refractivity contribution in [2.45, 2.75) is 32.7 Å². The summed E-state index contributed by atoms with van der Waals surface area (Å²) in [7, 11) is 4.08. The fourth-order valence-corrected chi connectivity index (χ4v) is 4.53. The Labute approximate surface area is 205 Å². The molecular weight excluding hydrogens is 444 g/mol. The second kappa shape index (κ2) is 10.3.